The van der Waals surface area contributed by atoms with Crippen LogP contribution in [0.4, 0.5) is 0 Å². The fourth-order valence-electron chi connectivity index (χ4n) is 1.09. The second kappa shape index (κ2) is 5.19. The topological polar surface area (TPSA) is 136 Å². The molecule has 1 saturated heterocycles. The Balaban J connectivity index is 0.00000169. The van der Waals surface area contributed by atoms with Crippen molar-refractivity contribution in [2.45, 2.75) is 30.6 Å². The molecule has 0 spiro atoms. The molecule has 1 aliphatic rings. The molecule has 0 aromatic rings. The Kier molecular flexibility index (Phi) is 5.20. The van der Waals surface area contributed by atoms with Crippen molar-refractivity contribution in [2.24, 2.45) is 5.73 Å². The Morgan fingerprint density at radius 1 is 1.29 bits per heavy atom. The second-order valence-corrected chi connectivity index (χ2v) is 2.82. The van der Waals surface area contributed by atoms with E-state index in [2.05, 4.69) is 4.74 Å². The molecule has 14 heavy (non-hydrogen) atoms. The monoisotopic (exact) mass is 299 g/mol. The van der Waals surface area contributed by atoms with Gasteiger partial charge in [-0.1, -0.05) is 0 Å². The number of carbonyl (C=O) groups excluding carboxylic acids is 1. The average Bonchev–Trinajstić information content (AvgIpc) is 2.07. The predicted molar refractivity (Wildman–Crippen MR) is 35.9 cm³/mol. The molecule has 0 aliphatic carbocycles. The van der Waals surface area contributed by atoms with E-state index in [1.54, 1.807) is 0 Å². The summed E-state index contributed by atoms with van der Waals surface area (Å²) in [7, 11) is 0. The molecule has 0 saturated carbocycles. The van der Waals surface area contributed by atoms with Crippen LogP contribution >= 0.6 is 0 Å². The van der Waals surface area contributed by atoms with Gasteiger partial charge in [-0.3, -0.25) is 0 Å². The molecule has 7 nitrogen and oxygen atoms in total. The maximum atomic E-state index is 10.3. The van der Waals surface area contributed by atoms with Gasteiger partial charge in [-0.25, -0.2) is 0 Å². The summed E-state index contributed by atoms with van der Waals surface area (Å²) in [6.45, 7) is 0. The van der Waals surface area contributed by atoms with Crippen LogP contribution in [0.3, 0.4) is 0 Å². The number of aliphatic hydroxyl groups excluding tert-OH is 3. The normalized spacial score (nSPS) is 42.7. The first kappa shape index (κ1) is 14.0. The van der Waals surface area contributed by atoms with Crippen LogP contribution in [0.25, 0.3) is 0 Å². The molecule has 1 fully saturated rings. The molecule has 0 amide bonds. The summed E-state index contributed by atoms with van der Waals surface area (Å²) in [6.07, 6.45) is -6.62. The number of ether oxygens (including phenoxy) is 1. The fraction of sp³-hybridized carbons (Fsp3) is 0.833. The number of nitrogens with two attached hydrogens (primary N) is 1. The van der Waals surface area contributed by atoms with E-state index in [4.69, 9.17) is 21.1 Å². The van der Waals surface area contributed by atoms with E-state index in [1.165, 1.54) is 0 Å². The van der Waals surface area contributed by atoms with Gasteiger partial charge in [-0.15, -0.1) is 0 Å². The number of hydrogen-bond donors (Lipinski definition) is 4. The molecular formula is C6H10AgNO6. The number of aliphatic hydroxyl groups is 3. The third kappa shape index (κ3) is 2.53. The van der Waals surface area contributed by atoms with Crippen LogP contribution in [0.1, 0.15) is 0 Å². The fourth-order valence-corrected chi connectivity index (χ4v) is 1.09. The molecule has 0 aromatic heterocycles. The SMILES string of the molecule is N[C@@H]1[C@@H](O)[C@H](O)[C@@H](C(=O)[O-])O[C@@H]1O.[Ag+]. The van der Waals surface area contributed by atoms with Gasteiger partial charge in [0.15, 0.2) is 6.29 Å². The van der Waals surface area contributed by atoms with Crippen LogP contribution in [0.5, 0.6) is 0 Å². The molecule has 5 atom stereocenters. The average molecular weight is 300 g/mol. The van der Waals surface area contributed by atoms with Crippen molar-refractivity contribution < 1.29 is 52.3 Å². The quantitative estimate of drug-likeness (QED) is 0.358. The van der Waals surface area contributed by atoms with Crippen molar-refractivity contribution in [1.82, 2.24) is 0 Å². The third-order valence-electron chi connectivity index (χ3n) is 1.90. The molecule has 0 unspecified atom stereocenters. The third-order valence-corrected chi connectivity index (χ3v) is 1.90. The predicted octanol–water partition coefficient (Wildman–Crippen LogP) is -4.50. The summed E-state index contributed by atoms with van der Waals surface area (Å²) >= 11 is 0. The number of hydrogen-bond acceptors (Lipinski definition) is 7. The maximum Gasteiger partial charge on any atom is 1.00 e. The van der Waals surface area contributed by atoms with E-state index in [1.807, 2.05) is 0 Å². The van der Waals surface area contributed by atoms with Crippen LogP contribution in [-0.4, -0.2) is 51.9 Å². The first-order chi connectivity index (χ1) is 5.95. The van der Waals surface area contributed by atoms with Gasteiger partial charge in [0.1, 0.15) is 18.3 Å². The van der Waals surface area contributed by atoms with E-state index in [0.717, 1.165) is 0 Å². The van der Waals surface area contributed by atoms with E-state index in [9.17, 15) is 9.90 Å². The van der Waals surface area contributed by atoms with Gasteiger partial charge >= 0.3 is 22.4 Å². The number of rotatable bonds is 1. The number of carbonyl (C=O) groups is 1. The minimum Gasteiger partial charge on any atom is -0.547 e. The minimum absolute atomic E-state index is 0. The maximum absolute atomic E-state index is 10.3. The zero-order valence-electron chi connectivity index (χ0n) is 6.83. The Labute approximate surface area is 95.0 Å². The van der Waals surface area contributed by atoms with Crippen LogP contribution < -0.4 is 10.8 Å². The van der Waals surface area contributed by atoms with Gasteiger partial charge in [0.25, 0.3) is 0 Å². The molecular weight excluding hydrogens is 290 g/mol. The van der Waals surface area contributed by atoms with Crippen LogP contribution in [0.15, 0.2) is 0 Å². The molecule has 0 bridgehead atoms. The van der Waals surface area contributed by atoms with Crippen LogP contribution in [0.2, 0.25) is 0 Å². The van der Waals surface area contributed by atoms with Crippen molar-refractivity contribution in [3.8, 4) is 0 Å². The molecule has 1 rings (SSSR count). The van der Waals surface area contributed by atoms with Crippen LogP contribution in [0, 0.1) is 0 Å². The Hall–Kier alpha value is 0.0103. The van der Waals surface area contributed by atoms with Gasteiger partial charge in [0.05, 0.1) is 12.0 Å². The number of aliphatic carboxylic acids is 1. The summed E-state index contributed by atoms with van der Waals surface area (Å²) in [5.41, 5.74) is 5.18. The van der Waals surface area contributed by atoms with E-state index >= 15 is 0 Å². The molecule has 5 N–H and O–H groups in total. The van der Waals surface area contributed by atoms with E-state index < -0.39 is 36.6 Å². The Morgan fingerprint density at radius 3 is 2.21 bits per heavy atom. The number of carboxylic acids is 1. The Morgan fingerprint density at radius 2 is 1.79 bits per heavy atom. The summed E-state index contributed by atoms with van der Waals surface area (Å²) in [6, 6.07) is -1.23. The van der Waals surface area contributed by atoms with E-state index in [0.29, 0.717) is 0 Å². The largest absolute Gasteiger partial charge is 1.00 e. The summed E-state index contributed by atoms with van der Waals surface area (Å²) in [4.78, 5) is 10.3. The van der Waals surface area contributed by atoms with Crippen LogP contribution in [-0.2, 0) is 31.9 Å². The van der Waals surface area contributed by atoms with Gasteiger partial charge in [0, 0.05) is 0 Å². The van der Waals surface area contributed by atoms with Crippen molar-refractivity contribution in [1.29, 1.82) is 0 Å². The van der Waals surface area contributed by atoms with Crippen molar-refractivity contribution in [2.75, 3.05) is 0 Å². The molecule has 0 aromatic carbocycles. The standard InChI is InChI=1S/C6H11NO6.Ag/c7-1-2(8)3(9)4(5(10)11)13-6(1)12;/h1-4,6,8-9,12H,7H2,(H,10,11);/q;+1/p-1/t1-,2-,3+,4+,6+;/m1./s1. The zero-order valence-corrected chi connectivity index (χ0v) is 8.31. The zero-order chi connectivity index (χ0) is 10.2. The van der Waals surface area contributed by atoms with Crippen molar-refractivity contribution >= 4 is 5.97 Å². The summed E-state index contributed by atoms with van der Waals surface area (Å²) in [5, 5.41) is 37.5. The smallest absolute Gasteiger partial charge is 0.547 e. The van der Waals surface area contributed by atoms with Crippen molar-refractivity contribution in [3.63, 3.8) is 0 Å². The first-order valence-electron chi connectivity index (χ1n) is 3.61. The minimum atomic E-state index is -1.76. The first-order valence-corrected chi connectivity index (χ1v) is 3.61. The van der Waals surface area contributed by atoms with Gasteiger partial charge < -0.3 is 35.7 Å². The van der Waals surface area contributed by atoms with E-state index in [-0.39, 0.29) is 22.4 Å². The van der Waals surface area contributed by atoms with Gasteiger partial charge in [0.2, 0.25) is 0 Å². The second-order valence-electron chi connectivity index (χ2n) is 2.82. The van der Waals surface area contributed by atoms with Gasteiger partial charge in [-0.05, 0) is 0 Å². The summed E-state index contributed by atoms with van der Waals surface area (Å²) in [5.74, 6) is -1.71. The molecule has 8 heteroatoms. The molecule has 86 valence electrons. The molecule has 0 radical (unpaired) electrons. The number of carboxylic acid groups (broad SMARTS) is 1. The van der Waals surface area contributed by atoms with Crippen molar-refractivity contribution in [3.05, 3.63) is 0 Å². The molecule has 1 heterocycles. The Bertz CT molecular complexity index is 214. The molecule has 1 aliphatic heterocycles. The summed E-state index contributed by atoms with van der Waals surface area (Å²) < 4.78 is 4.40. The van der Waals surface area contributed by atoms with Gasteiger partial charge in [-0.2, -0.15) is 0 Å².